The fourth-order valence-electron chi connectivity index (χ4n) is 17.6. The molecule has 2 aliphatic carbocycles. The van der Waals surface area contributed by atoms with Crippen LogP contribution in [0.25, 0.3) is 77.6 Å². The zero-order valence-corrected chi connectivity index (χ0v) is 54.3. The number of hydrogen-bond donors (Lipinski definition) is 0. The number of pyridine rings is 2. The summed E-state index contributed by atoms with van der Waals surface area (Å²) in [6, 6.07) is 117. The van der Waals surface area contributed by atoms with Gasteiger partial charge in [0.25, 0.3) is 0 Å². The molecule has 0 N–H and O–H groups in total. The summed E-state index contributed by atoms with van der Waals surface area (Å²) in [6.07, 6.45) is 2.80. The van der Waals surface area contributed by atoms with Crippen molar-refractivity contribution in [1.29, 1.82) is 0 Å². The van der Waals surface area contributed by atoms with Crippen LogP contribution in [0.2, 0.25) is 0 Å². The standard InChI is InChI=1S/C92H64N2OS/c1-89(2)70-34-7-11-38-74(70)91(75-39-12-8-35-71(75)89)78-42-15-17-46-84(78)95-85-56-60(48-50-79(85)91)59-26-19-28-62(54-59)66-31-21-32-67-64(52-53-93-87(66)67)57-90(3)72-36-9-13-40-76(72)92(77-41-14-10-37-73(77)90)80-43-16-18-47-86(80)96-88-68(33-22-44-81(88)92)63-29-20-27-61(55-63)65-30-23-45-83-69(65)49-51-82(94-83)58-24-5-4-6-25-58/h4-56H,57H2,1-3H3. The molecule has 4 heteroatoms. The topological polar surface area (TPSA) is 35.0 Å². The van der Waals surface area contributed by atoms with Gasteiger partial charge in [-0.3, -0.25) is 4.98 Å². The van der Waals surface area contributed by atoms with E-state index in [9.17, 15) is 0 Å². The van der Waals surface area contributed by atoms with E-state index in [0.717, 1.165) is 84.4 Å². The summed E-state index contributed by atoms with van der Waals surface area (Å²) in [5.74, 6) is 1.76. The second-order valence-electron chi connectivity index (χ2n) is 27.2. The highest BCUT2D eigenvalue weighted by Gasteiger charge is 2.55. The summed E-state index contributed by atoms with van der Waals surface area (Å²) in [4.78, 5) is 13.0. The number of aromatic nitrogens is 2. The van der Waals surface area contributed by atoms with E-state index in [1.54, 1.807) is 0 Å². The first-order valence-corrected chi connectivity index (χ1v) is 34.3. The number of rotatable bonds is 7. The van der Waals surface area contributed by atoms with Gasteiger partial charge < -0.3 is 4.74 Å². The summed E-state index contributed by atoms with van der Waals surface area (Å²) in [6.45, 7) is 7.23. The number of para-hydroxylation sites is 2. The number of benzene rings is 13. The molecule has 0 amide bonds. The summed E-state index contributed by atoms with van der Waals surface area (Å²) < 4.78 is 7.06. The average Bonchev–Trinajstić information content (AvgIpc) is 0.681. The molecule has 13 aromatic carbocycles. The van der Waals surface area contributed by atoms with Crippen molar-refractivity contribution >= 4 is 33.6 Å². The third-order valence-corrected chi connectivity index (χ3v) is 23.1. The Balaban J connectivity index is 0.702. The lowest BCUT2D eigenvalue weighted by molar-refractivity contribution is 0.425. The maximum atomic E-state index is 7.06. The Hall–Kier alpha value is -11.2. The van der Waals surface area contributed by atoms with Crippen LogP contribution in [0.3, 0.4) is 0 Å². The smallest absolute Gasteiger partial charge is 0.132 e. The second-order valence-corrected chi connectivity index (χ2v) is 28.2. The van der Waals surface area contributed by atoms with Crippen molar-refractivity contribution in [3.63, 3.8) is 0 Å². The number of hydrogen-bond acceptors (Lipinski definition) is 4. The molecule has 0 radical (unpaired) electrons. The Morgan fingerprint density at radius 3 is 1.56 bits per heavy atom. The van der Waals surface area contributed by atoms with Crippen molar-refractivity contribution in [3.8, 4) is 67.3 Å². The van der Waals surface area contributed by atoms with E-state index < -0.39 is 16.2 Å². The van der Waals surface area contributed by atoms with Gasteiger partial charge in [-0.25, -0.2) is 4.98 Å². The highest BCUT2D eigenvalue weighted by molar-refractivity contribution is 7.99. The van der Waals surface area contributed by atoms with Crippen molar-refractivity contribution in [2.24, 2.45) is 0 Å². The van der Waals surface area contributed by atoms with Gasteiger partial charge in [0.15, 0.2) is 0 Å². The average molecular weight is 1250 g/mol. The maximum Gasteiger partial charge on any atom is 0.132 e. The van der Waals surface area contributed by atoms with Gasteiger partial charge in [-0.2, -0.15) is 0 Å². The summed E-state index contributed by atoms with van der Waals surface area (Å²) >= 11 is 1.91. The van der Waals surface area contributed by atoms with E-state index in [2.05, 4.69) is 336 Å². The molecule has 4 aliphatic rings. The molecule has 19 rings (SSSR count). The Kier molecular flexibility index (Phi) is 12.6. The van der Waals surface area contributed by atoms with Gasteiger partial charge in [0.05, 0.1) is 27.6 Å². The fourth-order valence-corrected chi connectivity index (χ4v) is 19.0. The lowest BCUT2D eigenvalue weighted by Gasteiger charge is -2.51. The first kappa shape index (κ1) is 56.4. The summed E-state index contributed by atoms with van der Waals surface area (Å²) in [7, 11) is 0. The molecule has 96 heavy (non-hydrogen) atoms. The van der Waals surface area contributed by atoms with Crippen LogP contribution in [0.5, 0.6) is 11.5 Å². The van der Waals surface area contributed by atoms with Gasteiger partial charge in [0, 0.05) is 59.8 Å². The molecular formula is C92H64N2OS. The molecule has 2 spiro atoms. The molecule has 4 heterocycles. The minimum absolute atomic E-state index is 0.191. The third-order valence-electron chi connectivity index (χ3n) is 21.9. The lowest BCUT2D eigenvalue weighted by Crippen LogP contribution is -2.45. The van der Waals surface area contributed by atoms with Crippen LogP contribution in [0.4, 0.5) is 0 Å². The van der Waals surface area contributed by atoms with Crippen molar-refractivity contribution < 1.29 is 4.74 Å². The van der Waals surface area contributed by atoms with E-state index in [0.29, 0.717) is 0 Å². The highest BCUT2D eigenvalue weighted by Crippen LogP contribution is 2.65. The Labute approximate surface area is 564 Å². The molecule has 0 atom stereocenters. The monoisotopic (exact) mass is 1240 g/mol. The Bertz CT molecular complexity index is 5630. The van der Waals surface area contributed by atoms with Gasteiger partial charge in [-0.15, -0.1) is 0 Å². The van der Waals surface area contributed by atoms with E-state index in [-0.39, 0.29) is 5.41 Å². The van der Waals surface area contributed by atoms with Gasteiger partial charge in [0.1, 0.15) is 11.5 Å². The van der Waals surface area contributed by atoms with Crippen LogP contribution in [0.1, 0.15) is 93.1 Å². The van der Waals surface area contributed by atoms with Crippen molar-refractivity contribution in [3.05, 3.63) is 394 Å². The van der Waals surface area contributed by atoms with Crippen LogP contribution in [0.15, 0.2) is 331 Å². The number of fused-ring (bicyclic) bond motifs is 18. The third kappa shape index (κ3) is 8.09. The fraction of sp³-hybridized carbons (Fsp3) is 0.0870. The zero-order valence-electron chi connectivity index (χ0n) is 53.5. The zero-order chi connectivity index (χ0) is 63.9. The predicted octanol–water partition coefficient (Wildman–Crippen LogP) is 23.0. The predicted molar refractivity (Wildman–Crippen MR) is 394 cm³/mol. The molecule has 0 saturated carbocycles. The van der Waals surface area contributed by atoms with Gasteiger partial charge in [-0.1, -0.05) is 299 Å². The molecule has 3 nitrogen and oxygen atoms in total. The van der Waals surface area contributed by atoms with Crippen molar-refractivity contribution in [2.45, 2.75) is 58.6 Å². The van der Waals surface area contributed by atoms with Gasteiger partial charge in [0.2, 0.25) is 0 Å². The normalized spacial score (nSPS) is 15.0. The first-order chi connectivity index (χ1) is 47.2. The summed E-state index contributed by atoms with van der Waals surface area (Å²) in [5, 5.41) is 2.30. The van der Waals surface area contributed by atoms with Crippen molar-refractivity contribution in [1.82, 2.24) is 9.97 Å². The molecule has 0 bridgehead atoms. The van der Waals surface area contributed by atoms with Crippen LogP contribution in [-0.4, -0.2) is 9.97 Å². The lowest BCUT2D eigenvalue weighted by atomic mass is 9.52. The Morgan fingerprint density at radius 1 is 0.333 bits per heavy atom. The van der Waals surface area contributed by atoms with Crippen molar-refractivity contribution in [2.75, 3.05) is 0 Å². The van der Waals surface area contributed by atoms with E-state index in [1.807, 2.05) is 18.0 Å². The van der Waals surface area contributed by atoms with Crippen LogP contribution in [-0.2, 0) is 28.1 Å². The summed E-state index contributed by atoms with van der Waals surface area (Å²) in [5.41, 5.74) is 28.2. The number of ether oxygens (including phenoxy) is 1. The van der Waals surface area contributed by atoms with E-state index in [4.69, 9.17) is 14.7 Å². The molecule has 15 aromatic rings. The highest BCUT2D eigenvalue weighted by atomic mass is 32.2. The molecule has 2 aromatic heterocycles. The molecule has 454 valence electrons. The minimum atomic E-state index is -0.617. The largest absolute Gasteiger partial charge is 0.457 e. The molecule has 0 fully saturated rings. The first-order valence-electron chi connectivity index (χ1n) is 33.5. The molecule has 2 aliphatic heterocycles. The maximum absolute atomic E-state index is 7.06. The van der Waals surface area contributed by atoms with Gasteiger partial charge in [-0.05, 0) is 155 Å². The molecule has 0 unspecified atom stereocenters. The quantitative estimate of drug-likeness (QED) is 0.159. The number of nitrogens with zero attached hydrogens (tertiary/aromatic N) is 2. The van der Waals surface area contributed by atoms with Crippen LogP contribution >= 0.6 is 11.8 Å². The SMILES string of the molecule is CC1(C)c2ccccc2C2(c3ccccc3Oc3cc(-c4cccc(-c5cccc6c(CC7(C)c8ccccc8C8(c9ccccc9Sc9c(-c%10cccc(-c%11cccc%12nc(-c%13ccccc%13)ccc%11%12)c%10)cccc98)c8ccccc87)ccnc56)c4)ccc32)c2ccccc21. The minimum Gasteiger partial charge on any atom is -0.457 e. The Morgan fingerprint density at radius 2 is 0.833 bits per heavy atom. The van der Waals surface area contributed by atoms with Gasteiger partial charge >= 0.3 is 0 Å². The van der Waals surface area contributed by atoms with Crippen LogP contribution in [0, 0.1) is 0 Å². The van der Waals surface area contributed by atoms with E-state index >= 15 is 0 Å². The van der Waals surface area contributed by atoms with Crippen LogP contribution < -0.4 is 4.74 Å². The molecular weight excluding hydrogens is 1180 g/mol. The second kappa shape index (κ2) is 21.4. The molecule has 0 saturated heterocycles. The van der Waals surface area contributed by atoms with E-state index in [1.165, 1.54) is 93.2 Å².